The summed E-state index contributed by atoms with van der Waals surface area (Å²) in [6, 6.07) is 13.6. The Bertz CT molecular complexity index is 671. The smallest absolute Gasteiger partial charge is 0.234 e. The van der Waals surface area contributed by atoms with E-state index in [1.165, 1.54) is 11.1 Å². The average Bonchev–Trinajstić information content (AvgIpc) is 2.48. The largest absolute Gasteiger partial charge is 0.351 e. The van der Waals surface area contributed by atoms with Crippen molar-refractivity contribution in [2.45, 2.75) is 20.0 Å². The highest BCUT2D eigenvalue weighted by atomic mass is 35.5. The molecular weight excluding hydrogens is 331 g/mol. The number of likely N-dealkylation sites (N-methyl/N-ethyl adjacent to an activating group) is 1. The SMILES string of the molecule is Cc1ccc(CN(C)CC(=O)NCc2ccc(Cl)cc2Cl)cc1. The zero-order valence-electron chi connectivity index (χ0n) is 13.3. The van der Waals surface area contributed by atoms with Crippen molar-refractivity contribution in [3.63, 3.8) is 0 Å². The summed E-state index contributed by atoms with van der Waals surface area (Å²) in [6.45, 7) is 3.52. The monoisotopic (exact) mass is 350 g/mol. The minimum atomic E-state index is -0.0365. The van der Waals surface area contributed by atoms with E-state index in [0.29, 0.717) is 23.1 Å². The zero-order chi connectivity index (χ0) is 16.8. The maximum atomic E-state index is 12.0. The van der Waals surface area contributed by atoms with E-state index in [4.69, 9.17) is 23.2 Å². The Kier molecular flexibility index (Phi) is 6.46. The third-order valence-electron chi connectivity index (χ3n) is 3.48. The van der Waals surface area contributed by atoms with E-state index >= 15 is 0 Å². The third kappa shape index (κ3) is 5.87. The molecule has 0 aliphatic carbocycles. The van der Waals surface area contributed by atoms with Gasteiger partial charge >= 0.3 is 0 Å². The van der Waals surface area contributed by atoms with Gasteiger partial charge in [0.1, 0.15) is 0 Å². The summed E-state index contributed by atoms with van der Waals surface area (Å²) in [5.41, 5.74) is 3.27. The number of aryl methyl sites for hydroxylation is 1. The Morgan fingerprint density at radius 1 is 1.13 bits per heavy atom. The number of benzene rings is 2. The lowest BCUT2D eigenvalue weighted by Crippen LogP contribution is -2.34. The second kappa shape index (κ2) is 8.34. The zero-order valence-corrected chi connectivity index (χ0v) is 14.8. The van der Waals surface area contributed by atoms with Crippen LogP contribution in [0.4, 0.5) is 0 Å². The summed E-state index contributed by atoms with van der Waals surface area (Å²) in [5, 5.41) is 4.02. The van der Waals surface area contributed by atoms with Crippen LogP contribution in [-0.2, 0) is 17.9 Å². The number of carbonyl (C=O) groups excluding carboxylic acids is 1. The van der Waals surface area contributed by atoms with Crippen molar-refractivity contribution in [2.24, 2.45) is 0 Å². The lowest BCUT2D eigenvalue weighted by molar-refractivity contribution is -0.122. The molecule has 0 heterocycles. The highest BCUT2D eigenvalue weighted by Gasteiger charge is 2.08. The molecule has 0 bridgehead atoms. The molecule has 0 saturated heterocycles. The van der Waals surface area contributed by atoms with Crippen LogP contribution < -0.4 is 5.32 Å². The Balaban J connectivity index is 1.80. The van der Waals surface area contributed by atoms with E-state index in [-0.39, 0.29) is 5.91 Å². The maximum Gasteiger partial charge on any atom is 0.234 e. The number of hydrogen-bond donors (Lipinski definition) is 1. The van der Waals surface area contributed by atoms with Gasteiger partial charge in [0, 0.05) is 23.1 Å². The van der Waals surface area contributed by atoms with Crippen LogP contribution in [0.2, 0.25) is 10.0 Å². The van der Waals surface area contributed by atoms with Crippen LogP contribution in [0.25, 0.3) is 0 Å². The van der Waals surface area contributed by atoms with Gasteiger partial charge in [-0.1, -0.05) is 59.1 Å². The molecule has 1 N–H and O–H groups in total. The van der Waals surface area contributed by atoms with Crippen molar-refractivity contribution in [3.8, 4) is 0 Å². The predicted octanol–water partition coefficient (Wildman–Crippen LogP) is 4.05. The number of amides is 1. The molecule has 0 aliphatic rings. The van der Waals surface area contributed by atoms with Crippen LogP contribution in [-0.4, -0.2) is 24.4 Å². The van der Waals surface area contributed by atoms with Gasteiger partial charge in [0.15, 0.2) is 0 Å². The van der Waals surface area contributed by atoms with Crippen LogP contribution >= 0.6 is 23.2 Å². The van der Waals surface area contributed by atoms with Gasteiger partial charge in [0.05, 0.1) is 6.54 Å². The van der Waals surface area contributed by atoms with E-state index in [2.05, 4.69) is 36.5 Å². The minimum Gasteiger partial charge on any atom is -0.351 e. The van der Waals surface area contributed by atoms with Crippen molar-refractivity contribution >= 4 is 29.1 Å². The van der Waals surface area contributed by atoms with Gasteiger partial charge < -0.3 is 5.32 Å². The Morgan fingerprint density at radius 3 is 2.48 bits per heavy atom. The molecule has 23 heavy (non-hydrogen) atoms. The fourth-order valence-electron chi connectivity index (χ4n) is 2.22. The van der Waals surface area contributed by atoms with Gasteiger partial charge in [0.25, 0.3) is 0 Å². The molecular formula is C18H20Cl2N2O. The van der Waals surface area contributed by atoms with Crippen LogP contribution in [0.3, 0.4) is 0 Å². The van der Waals surface area contributed by atoms with E-state index in [9.17, 15) is 4.79 Å². The van der Waals surface area contributed by atoms with Gasteiger partial charge in [-0.2, -0.15) is 0 Å². The fraction of sp³-hybridized carbons (Fsp3) is 0.278. The second-order valence-corrected chi connectivity index (χ2v) is 6.51. The van der Waals surface area contributed by atoms with Crippen molar-refractivity contribution in [2.75, 3.05) is 13.6 Å². The highest BCUT2D eigenvalue weighted by molar-refractivity contribution is 6.35. The Labute approximate surface area is 147 Å². The van der Waals surface area contributed by atoms with Crippen LogP contribution in [0, 0.1) is 6.92 Å². The molecule has 0 spiro atoms. The molecule has 0 fully saturated rings. The predicted molar refractivity (Wildman–Crippen MR) is 95.8 cm³/mol. The molecule has 0 unspecified atom stereocenters. The molecule has 2 rings (SSSR count). The number of nitrogens with one attached hydrogen (secondary N) is 1. The van der Waals surface area contributed by atoms with Gasteiger partial charge in [-0.05, 0) is 37.2 Å². The molecule has 3 nitrogen and oxygen atoms in total. The first-order valence-electron chi connectivity index (χ1n) is 7.39. The summed E-state index contributed by atoms with van der Waals surface area (Å²) in [7, 11) is 1.93. The van der Waals surface area contributed by atoms with Crippen LogP contribution in [0.5, 0.6) is 0 Å². The van der Waals surface area contributed by atoms with Crippen LogP contribution in [0.1, 0.15) is 16.7 Å². The molecule has 0 aliphatic heterocycles. The van der Waals surface area contributed by atoms with Crippen molar-refractivity contribution < 1.29 is 4.79 Å². The topological polar surface area (TPSA) is 32.3 Å². The molecule has 0 radical (unpaired) electrons. The molecule has 5 heteroatoms. The quantitative estimate of drug-likeness (QED) is 0.852. The average molecular weight is 351 g/mol. The normalized spacial score (nSPS) is 10.8. The number of nitrogens with zero attached hydrogens (tertiary/aromatic N) is 1. The Hall–Kier alpha value is -1.55. The molecule has 1 amide bonds. The molecule has 122 valence electrons. The Morgan fingerprint density at radius 2 is 1.83 bits per heavy atom. The van der Waals surface area contributed by atoms with Gasteiger partial charge in [-0.25, -0.2) is 0 Å². The van der Waals surface area contributed by atoms with E-state index in [1.54, 1.807) is 12.1 Å². The van der Waals surface area contributed by atoms with E-state index < -0.39 is 0 Å². The van der Waals surface area contributed by atoms with Crippen molar-refractivity contribution in [1.82, 2.24) is 10.2 Å². The maximum absolute atomic E-state index is 12.0. The second-order valence-electron chi connectivity index (χ2n) is 5.67. The number of carbonyl (C=O) groups is 1. The lowest BCUT2D eigenvalue weighted by atomic mass is 10.1. The van der Waals surface area contributed by atoms with E-state index in [0.717, 1.165) is 12.1 Å². The highest BCUT2D eigenvalue weighted by Crippen LogP contribution is 2.20. The van der Waals surface area contributed by atoms with Crippen molar-refractivity contribution in [3.05, 3.63) is 69.2 Å². The summed E-state index contributed by atoms with van der Waals surface area (Å²) < 4.78 is 0. The van der Waals surface area contributed by atoms with Crippen LogP contribution in [0.15, 0.2) is 42.5 Å². The third-order valence-corrected chi connectivity index (χ3v) is 4.06. The van der Waals surface area contributed by atoms with Gasteiger partial charge in [-0.15, -0.1) is 0 Å². The first-order valence-corrected chi connectivity index (χ1v) is 8.14. The molecule has 0 saturated carbocycles. The summed E-state index contributed by atoms with van der Waals surface area (Å²) in [6.07, 6.45) is 0. The number of hydrogen-bond acceptors (Lipinski definition) is 2. The molecule has 2 aromatic rings. The lowest BCUT2D eigenvalue weighted by Gasteiger charge is -2.16. The summed E-state index contributed by atoms with van der Waals surface area (Å²) in [4.78, 5) is 14.0. The molecule has 0 aromatic heterocycles. The van der Waals surface area contributed by atoms with Crippen molar-refractivity contribution in [1.29, 1.82) is 0 Å². The van der Waals surface area contributed by atoms with Gasteiger partial charge in [-0.3, -0.25) is 9.69 Å². The number of rotatable bonds is 6. The molecule has 2 aromatic carbocycles. The standard InChI is InChI=1S/C18H20Cl2N2O/c1-13-3-5-14(6-4-13)11-22(2)12-18(23)21-10-15-7-8-16(19)9-17(15)20/h3-9H,10-12H2,1-2H3,(H,21,23). The minimum absolute atomic E-state index is 0.0365. The summed E-state index contributed by atoms with van der Waals surface area (Å²) in [5.74, 6) is -0.0365. The van der Waals surface area contributed by atoms with Gasteiger partial charge in [0.2, 0.25) is 5.91 Å². The number of halogens is 2. The fourth-order valence-corrected chi connectivity index (χ4v) is 2.70. The van der Waals surface area contributed by atoms with E-state index in [1.807, 2.05) is 18.0 Å². The summed E-state index contributed by atoms with van der Waals surface area (Å²) >= 11 is 11.9. The first kappa shape index (κ1) is 17.8. The first-order chi connectivity index (χ1) is 10.9. The molecule has 0 atom stereocenters.